The first-order valence-corrected chi connectivity index (χ1v) is 19.2. The van der Waals surface area contributed by atoms with Crippen molar-refractivity contribution in [3.63, 3.8) is 0 Å². The van der Waals surface area contributed by atoms with Gasteiger partial charge in [-0.25, -0.2) is 0 Å². The number of hydrogen-bond donors (Lipinski definition) is 0. The number of fused-ring (bicyclic) bond motifs is 4. The highest BCUT2D eigenvalue weighted by Gasteiger charge is 2.17. The van der Waals surface area contributed by atoms with Crippen molar-refractivity contribution in [1.82, 2.24) is 0 Å². The van der Waals surface area contributed by atoms with Crippen molar-refractivity contribution < 1.29 is 0 Å². The average molecular weight is 706 g/mol. The van der Waals surface area contributed by atoms with Crippen LogP contribution in [0.3, 0.4) is 0 Å². The van der Waals surface area contributed by atoms with Gasteiger partial charge in [-0.1, -0.05) is 158 Å². The molecule has 0 aliphatic carbocycles. The minimum absolute atomic E-state index is 1.11. The highest BCUT2D eigenvalue weighted by molar-refractivity contribution is 7.25. The van der Waals surface area contributed by atoms with E-state index in [4.69, 9.17) is 0 Å². The summed E-state index contributed by atoms with van der Waals surface area (Å²) in [6, 6.07) is 77.2. The summed E-state index contributed by atoms with van der Waals surface area (Å²) < 4.78 is 2.59. The Labute approximate surface area is 319 Å². The molecule has 0 spiro atoms. The number of anilines is 3. The largest absolute Gasteiger partial charge is 0.310 e. The number of hydrogen-bond acceptors (Lipinski definition) is 2. The molecule has 0 N–H and O–H groups in total. The molecule has 1 aromatic heterocycles. The van der Waals surface area contributed by atoms with Crippen LogP contribution in [0.15, 0.2) is 212 Å². The van der Waals surface area contributed by atoms with E-state index in [1.807, 2.05) is 11.3 Å². The Morgan fingerprint density at radius 1 is 0.278 bits per heavy atom. The molecule has 0 radical (unpaired) electrons. The molecular formula is C52H35NS. The van der Waals surface area contributed by atoms with Crippen molar-refractivity contribution in [3.05, 3.63) is 212 Å². The maximum Gasteiger partial charge on any atom is 0.0476 e. The molecule has 0 atom stereocenters. The van der Waals surface area contributed by atoms with Crippen LogP contribution in [0, 0.1) is 0 Å². The molecule has 54 heavy (non-hydrogen) atoms. The first-order chi connectivity index (χ1) is 26.7. The lowest BCUT2D eigenvalue weighted by Crippen LogP contribution is -2.10. The predicted molar refractivity (Wildman–Crippen MR) is 233 cm³/mol. The zero-order valence-corrected chi connectivity index (χ0v) is 30.4. The molecule has 254 valence electrons. The van der Waals surface area contributed by atoms with Crippen LogP contribution in [0.25, 0.3) is 75.5 Å². The summed E-state index contributed by atoms with van der Waals surface area (Å²) in [5.74, 6) is 0. The Bertz CT molecular complexity index is 2940. The smallest absolute Gasteiger partial charge is 0.0476 e. The lowest BCUT2D eigenvalue weighted by Gasteiger charge is -2.26. The van der Waals surface area contributed by atoms with Crippen molar-refractivity contribution in [3.8, 4) is 44.5 Å². The number of thiophene rings is 1. The van der Waals surface area contributed by atoms with Gasteiger partial charge in [-0.3, -0.25) is 0 Å². The maximum absolute atomic E-state index is 2.40. The SMILES string of the molecule is c1ccc(-c2ccccc2-c2cccc(N(c3ccc(-c4cccc(-c5ccc6ccccc6c5)c4)cc3)c3ccc4c(c3)sc3ccccc34)c2)cc1. The molecule has 0 saturated carbocycles. The van der Waals surface area contributed by atoms with Gasteiger partial charge in [-0.2, -0.15) is 0 Å². The maximum atomic E-state index is 2.40. The molecule has 0 fully saturated rings. The molecule has 0 aliphatic rings. The van der Waals surface area contributed by atoms with Crippen LogP contribution in [-0.2, 0) is 0 Å². The minimum atomic E-state index is 1.11. The average Bonchev–Trinajstić information content (AvgIpc) is 3.62. The van der Waals surface area contributed by atoms with Crippen LogP contribution in [0.1, 0.15) is 0 Å². The highest BCUT2D eigenvalue weighted by Crippen LogP contribution is 2.43. The molecular weight excluding hydrogens is 671 g/mol. The van der Waals surface area contributed by atoms with E-state index in [1.165, 1.54) is 75.5 Å². The van der Waals surface area contributed by atoms with Crippen LogP contribution in [0.2, 0.25) is 0 Å². The Morgan fingerprint density at radius 2 is 0.852 bits per heavy atom. The molecule has 10 rings (SSSR count). The number of nitrogens with zero attached hydrogens (tertiary/aromatic N) is 1. The van der Waals surface area contributed by atoms with E-state index in [9.17, 15) is 0 Å². The second kappa shape index (κ2) is 13.7. The fourth-order valence-corrected chi connectivity index (χ4v) is 8.91. The quantitative estimate of drug-likeness (QED) is 0.160. The van der Waals surface area contributed by atoms with Gasteiger partial charge in [0, 0.05) is 37.2 Å². The normalized spacial score (nSPS) is 11.3. The van der Waals surface area contributed by atoms with Gasteiger partial charge >= 0.3 is 0 Å². The van der Waals surface area contributed by atoms with Gasteiger partial charge in [0.25, 0.3) is 0 Å². The van der Waals surface area contributed by atoms with Gasteiger partial charge < -0.3 is 4.90 Å². The molecule has 0 saturated heterocycles. The van der Waals surface area contributed by atoms with Gasteiger partial charge in [0.15, 0.2) is 0 Å². The van der Waals surface area contributed by atoms with E-state index in [-0.39, 0.29) is 0 Å². The lowest BCUT2D eigenvalue weighted by atomic mass is 9.94. The van der Waals surface area contributed by atoms with Crippen LogP contribution in [0.4, 0.5) is 17.1 Å². The molecule has 0 amide bonds. The van der Waals surface area contributed by atoms with Crippen LogP contribution < -0.4 is 4.90 Å². The Hall–Kier alpha value is -6.74. The fraction of sp³-hybridized carbons (Fsp3) is 0. The van der Waals surface area contributed by atoms with Crippen molar-refractivity contribution in [2.24, 2.45) is 0 Å². The molecule has 0 bridgehead atoms. The predicted octanol–water partition coefficient (Wildman–Crippen LogP) is 15.3. The first-order valence-electron chi connectivity index (χ1n) is 18.4. The molecule has 0 aliphatic heterocycles. The fourth-order valence-electron chi connectivity index (χ4n) is 7.77. The van der Waals surface area contributed by atoms with E-state index in [1.54, 1.807) is 0 Å². The van der Waals surface area contributed by atoms with Crippen molar-refractivity contribution in [2.75, 3.05) is 4.90 Å². The van der Waals surface area contributed by atoms with Crippen LogP contribution in [0.5, 0.6) is 0 Å². The van der Waals surface area contributed by atoms with E-state index in [0.717, 1.165) is 17.1 Å². The first kappa shape index (κ1) is 32.0. The summed E-state index contributed by atoms with van der Waals surface area (Å²) in [4.78, 5) is 2.40. The van der Waals surface area contributed by atoms with Crippen LogP contribution >= 0.6 is 11.3 Å². The zero-order chi connectivity index (χ0) is 35.8. The lowest BCUT2D eigenvalue weighted by molar-refractivity contribution is 1.29. The van der Waals surface area contributed by atoms with Crippen molar-refractivity contribution in [1.29, 1.82) is 0 Å². The Morgan fingerprint density at radius 3 is 1.70 bits per heavy atom. The van der Waals surface area contributed by atoms with E-state index in [0.29, 0.717) is 0 Å². The second-order valence-electron chi connectivity index (χ2n) is 13.8. The third kappa shape index (κ3) is 5.93. The topological polar surface area (TPSA) is 3.24 Å². The summed E-state index contributed by atoms with van der Waals surface area (Å²) in [7, 11) is 0. The molecule has 1 heterocycles. The summed E-state index contributed by atoms with van der Waals surface area (Å²) in [6.45, 7) is 0. The summed E-state index contributed by atoms with van der Waals surface area (Å²) in [6.07, 6.45) is 0. The summed E-state index contributed by atoms with van der Waals surface area (Å²) >= 11 is 1.86. The standard InChI is InChI=1S/C52H35NS/c1-2-13-38(14-3-1)47-20-6-7-21-48(47)43-18-11-19-45(34-43)53(46-30-31-50-49-22-8-9-23-51(49)54-52(50)35-46)44-28-26-37(27-29-44)40-16-10-17-41(32-40)42-25-24-36-12-4-5-15-39(36)33-42/h1-35H. The molecule has 0 unspecified atom stereocenters. The molecule has 2 heteroatoms. The number of benzene rings is 9. The number of rotatable bonds is 7. The minimum Gasteiger partial charge on any atom is -0.310 e. The van der Waals surface area contributed by atoms with Crippen molar-refractivity contribution >= 4 is 59.3 Å². The summed E-state index contributed by atoms with van der Waals surface area (Å²) in [5, 5.41) is 5.12. The third-order valence-corrected chi connectivity index (χ3v) is 11.6. The van der Waals surface area contributed by atoms with Gasteiger partial charge in [-0.15, -0.1) is 11.3 Å². The van der Waals surface area contributed by atoms with Crippen molar-refractivity contribution in [2.45, 2.75) is 0 Å². The van der Waals surface area contributed by atoms with E-state index < -0.39 is 0 Å². The van der Waals surface area contributed by atoms with Crippen LogP contribution in [-0.4, -0.2) is 0 Å². The highest BCUT2D eigenvalue weighted by atomic mass is 32.1. The van der Waals surface area contributed by atoms with Gasteiger partial charge in [-0.05, 0) is 110 Å². The summed E-state index contributed by atoms with van der Waals surface area (Å²) in [5.41, 5.74) is 13.0. The third-order valence-electron chi connectivity index (χ3n) is 10.5. The molecule has 1 nitrogen and oxygen atoms in total. The van der Waals surface area contributed by atoms with Gasteiger partial charge in [0.1, 0.15) is 0 Å². The Kier molecular flexibility index (Phi) is 8.09. The van der Waals surface area contributed by atoms with Gasteiger partial charge in [0.05, 0.1) is 0 Å². The van der Waals surface area contributed by atoms with E-state index in [2.05, 4.69) is 217 Å². The molecule has 9 aromatic carbocycles. The van der Waals surface area contributed by atoms with E-state index >= 15 is 0 Å². The Balaban J connectivity index is 1.07. The zero-order valence-electron chi connectivity index (χ0n) is 29.6. The molecule has 10 aromatic rings. The second-order valence-corrected chi connectivity index (χ2v) is 14.8. The monoisotopic (exact) mass is 705 g/mol. The van der Waals surface area contributed by atoms with Gasteiger partial charge in [0.2, 0.25) is 0 Å².